The molecule has 1 rings (SSSR count). The first-order valence-electron chi connectivity index (χ1n) is 6.12. The van der Waals surface area contributed by atoms with E-state index in [1.54, 1.807) is 24.1 Å². The highest BCUT2D eigenvalue weighted by molar-refractivity contribution is 7.91. The maximum absolute atomic E-state index is 12.7. The van der Waals surface area contributed by atoms with Crippen LogP contribution >= 0.6 is 0 Å². The summed E-state index contributed by atoms with van der Waals surface area (Å²) in [6, 6.07) is 5.88. The number of nitrogens with zero attached hydrogens (tertiary/aromatic N) is 1. The van der Waals surface area contributed by atoms with Gasteiger partial charge in [-0.05, 0) is 18.1 Å². The molecule has 0 heterocycles. The summed E-state index contributed by atoms with van der Waals surface area (Å²) >= 11 is 0. The van der Waals surface area contributed by atoms with Crippen molar-refractivity contribution in [2.75, 3.05) is 18.5 Å². The molecule has 1 aromatic rings. The van der Waals surface area contributed by atoms with Gasteiger partial charge in [0.1, 0.15) is 0 Å². The van der Waals surface area contributed by atoms with Crippen molar-refractivity contribution in [3.63, 3.8) is 0 Å². The van der Waals surface area contributed by atoms with Gasteiger partial charge in [-0.2, -0.15) is 8.78 Å². The van der Waals surface area contributed by atoms with Crippen LogP contribution in [0.25, 0.3) is 0 Å². The number of rotatable bonds is 6. The van der Waals surface area contributed by atoms with Crippen molar-refractivity contribution in [3.05, 3.63) is 24.3 Å². The third-order valence-electron chi connectivity index (χ3n) is 3.10. The van der Waals surface area contributed by atoms with E-state index in [9.17, 15) is 17.2 Å². The lowest BCUT2D eigenvalue weighted by atomic mass is 10.1. The SMILES string of the molecule is CCC(C)CN(C)c1ccccc1S(=O)(=O)C(F)F. The second-order valence-electron chi connectivity index (χ2n) is 4.67. The lowest BCUT2D eigenvalue weighted by Gasteiger charge is -2.25. The van der Waals surface area contributed by atoms with Crippen LogP contribution in [0.1, 0.15) is 20.3 Å². The lowest BCUT2D eigenvalue weighted by molar-refractivity contribution is 0.235. The van der Waals surface area contributed by atoms with Crippen LogP contribution in [-0.2, 0) is 9.84 Å². The quantitative estimate of drug-likeness (QED) is 0.808. The van der Waals surface area contributed by atoms with Crippen molar-refractivity contribution in [2.24, 2.45) is 5.92 Å². The zero-order chi connectivity index (χ0) is 14.6. The molecule has 0 saturated heterocycles. The van der Waals surface area contributed by atoms with Gasteiger partial charge >= 0.3 is 5.76 Å². The summed E-state index contributed by atoms with van der Waals surface area (Å²) in [5.74, 6) is -3.04. The number of halogens is 2. The molecule has 0 N–H and O–H groups in total. The molecule has 1 aromatic carbocycles. The second-order valence-corrected chi connectivity index (χ2v) is 6.55. The highest BCUT2D eigenvalue weighted by Crippen LogP contribution is 2.28. The van der Waals surface area contributed by atoms with Crippen LogP contribution < -0.4 is 4.90 Å². The first-order chi connectivity index (χ1) is 8.80. The molecule has 1 unspecified atom stereocenters. The molecule has 0 saturated carbocycles. The van der Waals surface area contributed by atoms with Crippen LogP contribution in [0.4, 0.5) is 14.5 Å². The molecular formula is C13H19F2NO2S. The Balaban J connectivity index is 3.16. The molecular weight excluding hydrogens is 272 g/mol. The van der Waals surface area contributed by atoms with Crippen LogP contribution in [0.2, 0.25) is 0 Å². The van der Waals surface area contributed by atoms with Crippen molar-refractivity contribution < 1.29 is 17.2 Å². The van der Waals surface area contributed by atoms with Gasteiger partial charge in [-0.1, -0.05) is 32.4 Å². The fourth-order valence-electron chi connectivity index (χ4n) is 1.80. The molecule has 1 atom stereocenters. The highest BCUT2D eigenvalue weighted by Gasteiger charge is 2.29. The van der Waals surface area contributed by atoms with Crippen molar-refractivity contribution in [1.29, 1.82) is 0 Å². The zero-order valence-corrected chi connectivity index (χ0v) is 12.1. The molecule has 0 aliphatic carbocycles. The Morgan fingerprint density at radius 2 is 1.84 bits per heavy atom. The smallest absolute Gasteiger partial charge is 0.341 e. The van der Waals surface area contributed by atoms with Gasteiger partial charge in [0.2, 0.25) is 9.84 Å². The molecule has 108 valence electrons. The van der Waals surface area contributed by atoms with E-state index in [-0.39, 0.29) is 4.90 Å². The fraction of sp³-hybridized carbons (Fsp3) is 0.538. The average Bonchev–Trinajstić information content (AvgIpc) is 2.38. The summed E-state index contributed by atoms with van der Waals surface area (Å²) in [5.41, 5.74) is 0.322. The van der Waals surface area contributed by atoms with Crippen LogP contribution in [-0.4, -0.2) is 27.8 Å². The molecule has 0 fully saturated rings. The number of benzene rings is 1. The Hall–Kier alpha value is -1.17. The van der Waals surface area contributed by atoms with E-state index in [0.717, 1.165) is 6.42 Å². The molecule has 0 radical (unpaired) electrons. The minimum atomic E-state index is -4.57. The molecule has 19 heavy (non-hydrogen) atoms. The van der Waals surface area contributed by atoms with E-state index in [1.165, 1.54) is 12.1 Å². The van der Waals surface area contributed by atoms with Gasteiger partial charge in [0.15, 0.2) is 0 Å². The topological polar surface area (TPSA) is 37.4 Å². The molecule has 0 spiro atoms. The molecule has 3 nitrogen and oxygen atoms in total. The third kappa shape index (κ3) is 3.65. The van der Waals surface area contributed by atoms with Gasteiger partial charge in [0.25, 0.3) is 0 Å². The predicted octanol–water partition coefficient (Wildman–Crippen LogP) is 3.17. The van der Waals surface area contributed by atoms with Crippen molar-refractivity contribution in [2.45, 2.75) is 30.9 Å². The van der Waals surface area contributed by atoms with Gasteiger partial charge in [-0.3, -0.25) is 0 Å². The Labute approximate surface area is 113 Å². The lowest BCUT2D eigenvalue weighted by Crippen LogP contribution is -2.26. The number of sulfone groups is 1. The van der Waals surface area contributed by atoms with E-state index in [4.69, 9.17) is 0 Å². The molecule has 0 aromatic heterocycles. The van der Waals surface area contributed by atoms with Crippen LogP contribution in [0.3, 0.4) is 0 Å². The van der Waals surface area contributed by atoms with Crippen molar-refractivity contribution in [1.82, 2.24) is 0 Å². The molecule has 0 aliphatic heterocycles. The van der Waals surface area contributed by atoms with E-state index >= 15 is 0 Å². The Bertz CT molecular complexity index is 517. The Morgan fingerprint density at radius 1 is 1.26 bits per heavy atom. The highest BCUT2D eigenvalue weighted by atomic mass is 32.2. The largest absolute Gasteiger partial charge is 0.373 e. The number of hydrogen-bond acceptors (Lipinski definition) is 3. The summed E-state index contributed by atoms with van der Waals surface area (Å²) in [6.07, 6.45) is 0.939. The van der Waals surface area contributed by atoms with E-state index < -0.39 is 15.6 Å². The molecule has 6 heteroatoms. The average molecular weight is 291 g/mol. The first-order valence-corrected chi connectivity index (χ1v) is 7.67. The second kappa shape index (κ2) is 6.32. The normalized spacial score (nSPS) is 13.6. The van der Waals surface area contributed by atoms with Crippen molar-refractivity contribution >= 4 is 15.5 Å². The summed E-state index contributed by atoms with van der Waals surface area (Å²) in [6.45, 7) is 4.67. The number of anilines is 1. The van der Waals surface area contributed by atoms with Gasteiger partial charge in [0, 0.05) is 13.6 Å². The first kappa shape index (κ1) is 15.9. The maximum Gasteiger partial charge on any atom is 0.341 e. The Kier molecular flexibility index (Phi) is 5.29. The third-order valence-corrected chi connectivity index (χ3v) is 4.53. The summed E-state index contributed by atoms with van der Waals surface area (Å²) in [5, 5.41) is 0. The van der Waals surface area contributed by atoms with Gasteiger partial charge in [-0.15, -0.1) is 0 Å². The maximum atomic E-state index is 12.7. The number of hydrogen-bond donors (Lipinski definition) is 0. The number of para-hydroxylation sites is 1. The van der Waals surface area contributed by atoms with Gasteiger partial charge < -0.3 is 4.90 Å². The standard InChI is InChI=1S/C13H19F2NO2S/c1-4-10(2)9-16(3)11-7-5-6-8-12(11)19(17,18)13(14)15/h5-8,10,13H,4,9H2,1-3H3. The Morgan fingerprint density at radius 3 is 2.37 bits per heavy atom. The fourth-order valence-corrected chi connectivity index (χ4v) is 2.78. The van der Waals surface area contributed by atoms with E-state index in [0.29, 0.717) is 18.2 Å². The van der Waals surface area contributed by atoms with Crippen LogP contribution in [0.5, 0.6) is 0 Å². The monoisotopic (exact) mass is 291 g/mol. The number of alkyl halides is 2. The summed E-state index contributed by atoms with van der Waals surface area (Å²) in [7, 11) is -2.86. The molecule has 0 aliphatic rings. The van der Waals surface area contributed by atoms with Crippen LogP contribution in [0, 0.1) is 5.92 Å². The summed E-state index contributed by atoms with van der Waals surface area (Å²) < 4.78 is 48.6. The van der Waals surface area contributed by atoms with E-state index in [1.807, 2.05) is 13.8 Å². The zero-order valence-electron chi connectivity index (χ0n) is 11.3. The van der Waals surface area contributed by atoms with Gasteiger partial charge in [0.05, 0.1) is 10.6 Å². The van der Waals surface area contributed by atoms with Crippen molar-refractivity contribution in [3.8, 4) is 0 Å². The molecule has 0 bridgehead atoms. The van der Waals surface area contributed by atoms with Gasteiger partial charge in [-0.25, -0.2) is 8.42 Å². The minimum Gasteiger partial charge on any atom is -0.373 e. The molecule has 0 amide bonds. The predicted molar refractivity (Wildman–Crippen MR) is 72.4 cm³/mol. The summed E-state index contributed by atoms with van der Waals surface area (Å²) in [4.78, 5) is 1.40. The minimum absolute atomic E-state index is 0.309. The van der Waals surface area contributed by atoms with Crippen LogP contribution in [0.15, 0.2) is 29.2 Å². The van der Waals surface area contributed by atoms with E-state index in [2.05, 4.69) is 0 Å².